The number of nitrogens with one attached hydrogen (secondary N) is 3. The summed E-state index contributed by atoms with van der Waals surface area (Å²) in [4.78, 5) is 30.6. The van der Waals surface area contributed by atoms with Gasteiger partial charge in [0.05, 0.1) is 35.8 Å². The van der Waals surface area contributed by atoms with Crippen LogP contribution in [0.25, 0.3) is 55.6 Å². The highest BCUT2D eigenvalue weighted by atomic mass is 19.1. The molecule has 5 heterocycles. The number of halogens is 1. The fourth-order valence-electron chi connectivity index (χ4n) is 4.49. The topological polar surface area (TPSA) is 115 Å². The molecule has 0 fully saturated rings. The normalized spacial score (nSPS) is 11.5. The van der Waals surface area contributed by atoms with E-state index in [1.807, 2.05) is 38.4 Å². The molecule has 0 saturated heterocycles. The maximum atomic E-state index is 13.9. The van der Waals surface area contributed by atoms with E-state index in [-0.39, 0.29) is 18.3 Å². The van der Waals surface area contributed by atoms with E-state index in [2.05, 4.69) is 35.5 Å². The number of fused-ring (bicyclic) bond motifs is 2. The lowest BCUT2D eigenvalue weighted by molar-refractivity contribution is -0.116. The van der Waals surface area contributed by atoms with Crippen molar-refractivity contribution in [2.75, 3.05) is 26.0 Å². The van der Waals surface area contributed by atoms with Gasteiger partial charge in [-0.3, -0.25) is 19.9 Å². The predicted octanol–water partition coefficient (Wildman–Crippen LogP) is 4.87. The Kier molecular flexibility index (Phi) is 5.85. The molecule has 3 N–H and O–H groups in total. The molecule has 10 heteroatoms. The molecule has 0 unspecified atom stereocenters. The summed E-state index contributed by atoms with van der Waals surface area (Å²) in [6.45, 7) is 0.275. The van der Waals surface area contributed by atoms with Crippen LogP contribution in [0.5, 0.6) is 0 Å². The number of amides is 1. The van der Waals surface area contributed by atoms with E-state index in [1.165, 1.54) is 12.1 Å². The minimum atomic E-state index is -0.303. The molecule has 38 heavy (non-hydrogen) atoms. The van der Waals surface area contributed by atoms with Crippen LogP contribution in [0.15, 0.2) is 73.4 Å². The third kappa shape index (κ3) is 4.48. The zero-order chi connectivity index (χ0) is 26.2. The van der Waals surface area contributed by atoms with Gasteiger partial charge in [0, 0.05) is 46.1 Å². The highest BCUT2D eigenvalue weighted by molar-refractivity contribution is 6.00. The van der Waals surface area contributed by atoms with Crippen molar-refractivity contribution in [3.8, 4) is 33.6 Å². The molecule has 0 bridgehead atoms. The van der Waals surface area contributed by atoms with Gasteiger partial charge < -0.3 is 15.2 Å². The minimum Gasteiger partial charge on any atom is -0.352 e. The number of hydrogen-bond acceptors (Lipinski definition) is 6. The Morgan fingerprint density at radius 3 is 2.63 bits per heavy atom. The molecule has 0 spiro atoms. The van der Waals surface area contributed by atoms with E-state index < -0.39 is 0 Å². The number of carbonyl (C=O) groups is 1. The van der Waals surface area contributed by atoms with Gasteiger partial charge >= 0.3 is 0 Å². The van der Waals surface area contributed by atoms with Crippen molar-refractivity contribution >= 4 is 33.5 Å². The van der Waals surface area contributed by atoms with Crippen molar-refractivity contribution in [1.82, 2.24) is 35.0 Å². The lowest BCUT2D eigenvalue weighted by Gasteiger charge is -2.10. The van der Waals surface area contributed by atoms with Gasteiger partial charge in [-0.2, -0.15) is 5.10 Å². The van der Waals surface area contributed by atoms with Crippen LogP contribution >= 0.6 is 0 Å². The number of anilines is 1. The van der Waals surface area contributed by atoms with E-state index in [4.69, 9.17) is 0 Å². The molecule has 1 amide bonds. The van der Waals surface area contributed by atoms with E-state index in [9.17, 15) is 9.18 Å². The molecule has 0 atom stereocenters. The predicted molar refractivity (Wildman–Crippen MR) is 145 cm³/mol. The van der Waals surface area contributed by atoms with Gasteiger partial charge in [0.2, 0.25) is 5.91 Å². The maximum absolute atomic E-state index is 13.9. The molecule has 5 aromatic heterocycles. The van der Waals surface area contributed by atoms with Gasteiger partial charge in [-0.1, -0.05) is 12.1 Å². The Labute approximate surface area is 216 Å². The summed E-state index contributed by atoms with van der Waals surface area (Å²) in [6, 6.07) is 12.3. The molecule has 0 radical (unpaired) electrons. The summed E-state index contributed by atoms with van der Waals surface area (Å²) in [5, 5.41) is 12.1. The summed E-state index contributed by atoms with van der Waals surface area (Å²) >= 11 is 0. The molecule has 188 valence electrons. The van der Waals surface area contributed by atoms with Crippen LogP contribution in [0.3, 0.4) is 0 Å². The quantitative estimate of drug-likeness (QED) is 0.297. The lowest BCUT2D eigenvalue weighted by Crippen LogP contribution is -2.27. The Balaban J connectivity index is 1.38. The van der Waals surface area contributed by atoms with Crippen LogP contribution in [0.2, 0.25) is 0 Å². The minimum absolute atomic E-state index is 0.120. The smallest absolute Gasteiger partial charge is 0.238 e. The van der Waals surface area contributed by atoms with Crippen LogP contribution in [0.4, 0.5) is 10.1 Å². The Hall–Kier alpha value is -4.96. The first kappa shape index (κ1) is 23.4. The SMILES string of the molecule is CN(C)CC(=O)Nc1cncc(-c2cnc3[nH]nc(-c4cc5c(-c6cccc(F)c6)cncc5[nH]4)c3c2)c1. The number of aromatic amines is 2. The molecule has 9 nitrogen and oxygen atoms in total. The summed E-state index contributed by atoms with van der Waals surface area (Å²) in [5.74, 6) is -0.423. The monoisotopic (exact) mass is 506 g/mol. The standard InChI is InChI=1S/C28H23FN8O/c1-37(2)15-26(38)33-20-7-17(10-30-12-20)18-8-22-27(35-36-28(22)32-11-18)24-9-21-23(13-31-14-25(21)34-24)16-4-3-5-19(29)6-16/h3-14,34H,15H2,1-2H3,(H,33,38)(H,32,35,36). The van der Waals surface area contributed by atoms with E-state index in [1.54, 1.807) is 42.0 Å². The van der Waals surface area contributed by atoms with Crippen LogP contribution in [0, 0.1) is 5.82 Å². The Morgan fingerprint density at radius 2 is 1.79 bits per heavy atom. The highest BCUT2D eigenvalue weighted by Gasteiger charge is 2.16. The van der Waals surface area contributed by atoms with Gasteiger partial charge in [-0.15, -0.1) is 0 Å². The van der Waals surface area contributed by atoms with Crippen LogP contribution < -0.4 is 5.32 Å². The average molecular weight is 507 g/mol. The van der Waals surface area contributed by atoms with E-state index >= 15 is 0 Å². The van der Waals surface area contributed by atoms with Gasteiger partial charge in [-0.05, 0) is 50.0 Å². The second-order valence-corrected chi connectivity index (χ2v) is 9.28. The van der Waals surface area contributed by atoms with E-state index in [0.717, 1.165) is 44.2 Å². The molecule has 0 aliphatic carbocycles. The molecule has 0 saturated carbocycles. The Morgan fingerprint density at radius 1 is 0.947 bits per heavy atom. The molecular formula is C28H23FN8O. The van der Waals surface area contributed by atoms with Crippen molar-refractivity contribution in [3.63, 3.8) is 0 Å². The van der Waals surface area contributed by atoms with Crippen LogP contribution in [-0.2, 0) is 4.79 Å². The summed E-state index contributed by atoms with van der Waals surface area (Å²) < 4.78 is 13.9. The first-order chi connectivity index (χ1) is 18.4. The van der Waals surface area contributed by atoms with Crippen molar-refractivity contribution in [2.24, 2.45) is 0 Å². The van der Waals surface area contributed by atoms with E-state index in [0.29, 0.717) is 17.0 Å². The summed E-state index contributed by atoms with van der Waals surface area (Å²) in [6.07, 6.45) is 8.55. The van der Waals surface area contributed by atoms with Crippen molar-refractivity contribution < 1.29 is 9.18 Å². The van der Waals surface area contributed by atoms with Crippen molar-refractivity contribution in [2.45, 2.75) is 0 Å². The molecular weight excluding hydrogens is 483 g/mol. The van der Waals surface area contributed by atoms with Gasteiger partial charge in [-0.25, -0.2) is 9.37 Å². The molecule has 6 aromatic rings. The second-order valence-electron chi connectivity index (χ2n) is 9.28. The number of carbonyl (C=O) groups excluding carboxylic acids is 1. The number of aromatic nitrogens is 6. The van der Waals surface area contributed by atoms with Crippen molar-refractivity contribution in [1.29, 1.82) is 0 Å². The molecule has 0 aliphatic rings. The summed E-state index contributed by atoms with van der Waals surface area (Å²) in [7, 11) is 3.67. The fourth-order valence-corrected chi connectivity index (χ4v) is 4.49. The number of pyridine rings is 3. The number of H-pyrrole nitrogens is 2. The number of rotatable bonds is 6. The second kappa shape index (κ2) is 9.49. The first-order valence-corrected chi connectivity index (χ1v) is 11.9. The zero-order valence-electron chi connectivity index (χ0n) is 20.7. The van der Waals surface area contributed by atoms with Gasteiger partial charge in [0.25, 0.3) is 0 Å². The molecule has 6 rings (SSSR count). The average Bonchev–Trinajstić information content (AvgIpc) is 3.52. The number of nitrogens with zero attached hydrogens (tertiary/aromatic N) is 5. The highest BCUT2D eigenvalue weighted by Crippen LogP contribution is 2.34. The summed E-state index contributed by atoms with van der Waals surface area (Å²) in [5.41, 5.74) is 6.73. The number of likely N-dealkylation sites (N-methyl/N-ethyl adjacent to an activating group) is 1. The van der Waals surface area contributed by atoms with Crippen molar-refractivity contribution in [3.05, 3.63) is 79.3 Å². The zero-order valence-corrected chi connectivity index (χ0v) is 20.7. The first-order valence-electron chi connectivity index (χ1n) is 11.9. The third-order valence-electron chi connectivity index (χ3n) is 6.17. The number of benzene rings is 1. The fraction of sp³-hybridized carbons (Fsp3) is 0.107. The van der Waals surface area contributed by atoms with Crippen LogP contribution in [0.1, 0.15) is 0 Å². The lowest BCUT2D eigenvalue weighted by atomic mass is 10.0. The van der Waals surface area contributed by atoms with Gasteiger partial charge in [0.15, 0.2) is 5.65 Å². The third-order valence-corrected chi connectivity index (χ3v) is 6.17. The maximum Gasteiger partial charge on any atom is 0.238 e. The van der Waals surface area contributed by atoms with Gasteiger partial charge in [0.1, 0.15) is 11.5 Å². The Bertz CT molecular complexity index is 1810. The number of hydrogen-bond donors (Lipinski definition) is 3. The molecule has 1 aromatic carbocycles. The molecule has 0 aliphatic heterocycles. The van der Waals surface area contributed by atoms with Crippen LogP contribution in [-0.4, -0.2) is 61.6 Å². The largest absolute Gasteiger partial charge is 0.352 e.